The first-order valence-electron chi connectivity index (χ1n) is 5.61. The predicted molar refractivity (Wildman–Crippen MR) is 63.4 cm³/mol. The number of hydrogen-bond donors (Lipinski definition) is 2. The third-order valence-electron chi connectivity index (χ3n) is 2.55. The van der Waals surface area contributed by atoms with Crippen LogP contribution in [0.5, 0.6) is 0 Å². The maximum absolute atomic E-state index is 11.1. The van der Waals surface area contributed by atoms with Crippen molar-refractivity contribution in [3.8, 4) is 0 Å². The van der Waals surface area contributed by atoms with Gasteiger partial charge in [-0.3, -0.25) is 4.79 Å². The van der Waals surface area contributed by atoms with Gasteiger partial charge in [0.1, 0.15) is 6.42 Å². The number of nitrogens with one attached hydrogen (secondary N) is 1. The smallest absolute Gasteiger partial charge is 0.326 e. The fourth-order valence-corrected chi connectivity index (χ4v) is 2.49. The molecule has 0 spiro atoms. The Morgan fingerprint density at radius 2 is 2.06 bits per heavy atom. The van der Waals surface area contributed by atoms with E-state index in [0.29, 0.717) is 5.17 Å². The highest BCUT2D eigenvalue weighted by molar-refractivity contribution is 8.13. The number of hydrogen-bond acceptors (Lipinski definition) is 3. The van der Waals surface area contributed by atoms with Crippen LogP contribution in [0.25, 0.3) is 0 Å². The van der Waals surface area contributed by atoms with E-state index in [1.807, 2.05) is 0 Å². The second-order valence-electron chi connectivity index (χ2n) is 3.69. The first kappa shape index (κ1) is 13.3. The topological polar surface area (TPSA) is 67.6 Å². The molecule has 6 heteroatoms. The van der Waals surface area contributed by atoms with Gasteiger partial charge in [0.15, 0.2) is 0 Å². The van der Waals surface area contributed by atoms with Gasteiger partial charge in [-0.05, 0) is 25.6 Å². The maximum atomic E-state index is 11.1. The van der Waals surface area contributed by atoms with Crippen molar-refractivity contribution < 1.29 is 19.8 Å². The molecule has 1 rings (SSSR count). The molecule has 1 aliphatic rings. The van der Waals surface area contributed by atoms with Crippen LogP contribution in [0.4, 0.5) is 0 Å². The number of amides is 2. The Morgan fingerprint density at radius 3 is 2.62 bits per heavy atom. The lowest BCUT2D eigenvalue weighted by Gasteiger charge is -2.14. The summed E-state index contributed by atoms with van der Waals surface area (Å²) in [6.45, 7) is 7.55. The highest BCUT2D eigenvalue weighted by Gasteiger charge is 2.23. The molecular weight excluding hydrogens is 226 g/mol. The van der Waals surface area contributed by atoms with Crippen molar-refractivity contribution in [1.82, 2.24) is 0 Å². The van der Waals surface area contributed by atoms with Crippen LogP contribution in [0.1, 0.15) is 20.3 Å². The minimum Gasteiger partial charge on any atom is -0.335 e. The summed E-state index contributed by atoms with van der Waals surface area (Å²) in [5, 5.41) is 2.05. The summed E-state index contributed by atoms with van der Waals surface area (Å²) in [6, 6.07) is 0. The standard InChI is InChI=1S/C10H17N3O2S/c1-3-13(4-2)5-6-16-10-11-8(14)7-9(15)12-10/h3-7H2,1-2H3,(H,11,12,14,15)/p+2. The van der Waals surface area contributed by atoms with Crippen LogP contribution in [0.3, 0.4) is 0 Å². The second-order valence-corrected chi connectivity index (χ2v) is 4.80. The number of aliphatic imine (C=N–C) groups is 1. The third-order valence-corrected chi connectivity index (χ3v) is 3.46. The van der Waals surface area contributed by atoms with Crippen molar-refractivity contribution in [2.24, 2.45) is 4.99 Å². The van der Waals surface area contributed by atoms with Crippen molar-refractivity contribution in [2.75, 3.05) is 25.4 Å². The second kappa shape index (κ2) is 6.78. The van der Waals surface area contributed by atoms with Crippen LogP contribution < -0.4 is 10.2 Å². The van der Waals surface area contributed by atoms with Gasteiger partial charge >= 0.3 is 5.91 Å². The summed E-state index contributed by atoms with van der Waals surface area (Å²) >= 11 is 1.50. The lowest BCUT2D eigenvalue weighted by Crippen LogP contribution is -3.11. The molecule has 3 N–H and O–H groups in total. The van der Waals surface area contributed by atoms with Crippen molar-refractivity contribution in [3.05, 3.63) is 0 Å². The molecule has 0 aromatic carbocycles. The van der Waals surface area contributed by atoms with Crippen LogP contribution in [0, 0.1) is 0 Å². The summed E-state index contributed by atoms with van der Waals surface area (Å²) in [7, 11) is 0. The Kier molecular flexibility index (Phi) is 5.65. The summed E-state index contributed by atoms with van der Waals surface area (Å²) in [5.74, 6) is 0.454. The average Bonchev–Trinajstić information content (AvgIpc) is 2.23. The van der Waals surface area contributed by atoms with Crippen molar-refractivity contribution in [1.29, 1.82) is 0 Å². The fraction of sp³-hybridized carbons (Fsp3) is 0.700. The number of amidine groups is 1. The summed E-state index contributed by atoms with van der Waals surface area (Å²) in [4.78, 5) is 27.5. The number of quaternary nitrogens is 2. The monoisotopic (exact) mass is 245 g/mol. The number of nitrogens with zero attached hydrogens (tertiary/aromatic N) is 1. The average molecular weight is 245 g/mol. The molecule has 0 aliphatic carbocycles. The fourth-order valence-electron chi connectivity index (χ4n) is 1.51. The van der Waals surface area contributed by atoms with Gasteiger partial charge in [0.25, 0.3) is 11.1 Å². The van der Waals surface area contributed by atoms with Crippen molar-refractivity contribution >= 4 is 28.7 Å². The molecule has 0 aromatic heterocycles. The van der Waals surface area contributed by atoms with E-state index >= 15 is 0 Å². The number of carbonyl (C=O) groups is 2. The number of thioether (sulfide) groups is 1. The normalized spacial score (nSPS) is 16.8. The molecule has 0 bridgehead atoms. The quantitative estimate of drug-likeness (QED) is 0.552. The van der Waals surface area contributed by atoms with Gasteiger partial charge in [0.2, 0.25) is 0 Å². The Labute approximate surface area is 99.7 Å². The van der Waals surface area contributed by atoms with Crippen molar-refractivity contribution in [2.45, 2.75) is 20.3 Å². The minimum absolute atomic E-state index is 0.0641. The zero-order valence-electron chi connectivity index (χ0n) is 9.78. The molecule has 0 saturated carbocycles. The van der Waals surface area contributed by atoms with E-state index < -0.39 is 0 Å². The molecule has 1 heterocycles. The molecule has 16 heavy (non-hydrogen) atoms. The van der Waals surface area contributed by atoms with Gasteiger partial charge in [-0.1, -0.05) is 0 Å². The van der Waals surface area contributed by atoms with Gasteiger partial charge in [-0.2, -0.15) is 4.99 Å². The Balaban J connectivity index is 2.32. The number of carbonyl (C=O) groups excluding carboxylic acids is 2. The van der Waals surface area contributed by atoms with Crippen LogP contribution in [-0.4, -0.2) is 42.4 Å². The molecule has 0 fully saturated rings. The van der Waals surface area contributed by atoms with Gasteiger partial charge in [-0.15, -0.1) is 0 Å². The Bertz CT molecular complexity index is 300. The highest BCUT2D eigenvalue weighted by atomic mass is 32.2. The number of rotatable bonds is 5. The van der Waals surface area contributed by atoms with Crippen LogP contribution in [0.15, 0.2) is 4.99 Å². The molecule has 1 aliphatic heterocycles. The van der Waals surface area contributed by atoms with Crippen LogP contribution in [-0.2, 0) is 9.59 Å². The van der Waals surface area contributed by atoms with E-state index in [2.05, 4.69) is 18.8 Å². The molecule has 0 unspecified atom stereocenters. The Hall–Kier alpha value is -0.720. The Morgan fingerprint density at radius 1 is 1.38 bits per heavy atom. The minimum atomic E-state index is -0.315. The molecular formula is C10H19N3O2S+2. The van der Waals surface area contributed by atoms with Crippen LogP contribution in [0.2, 0.25) is 0 Å². The maximum Gasteiger partial charge on any atom is 0.326 e. The summed E-state index contributed by atoms with van der Waals surface area (Å²) in [6.07, 6.45) is -0.0641. The van der Waals surface area contributed by atoms with Crippen LogP contribution >= 0.6 is 11.8 Å². The number of primary amides is 1. The molecule has 0 atom stereocenters. The summed E-state index contributed by atoms with van der Waals surface area (Å²) in [5.41, 5.74) is 0. The summed E-state index contributed by atoms with van der Waals surface area (Å²) < 4.78 is 0. The SMILES string of the molecule is CC[NH+](CC)CCSC1=NC(=O)CC(=O)[NH2+]1. The van der Waals surface area contributed by atoms with Gasteiger partial charge in [0, 0.05) is 0 Å². The zero-order valence-corrected chi connectivity index (χ0v) is 10.6. The third kappa shape index (κ3) is 4.42. The number of nitrogens with two attached hydrogens (primary N) is 1. The van der Waals surface area contributed by atoms with E-state index in [1.54, 1.807) is 0 Å². The van der Waals surface area contributed by atoms with Gasteiger partial charge in [-0.25, -0.2) is 10.1 Å². The van der Waals surface area contributed by atoms with E-state index in [4.69, 9.17) is 0 Å². The molecule has 0 aromatic rings. The van der Waals surface area contributed by atoms with E-state index in [9.17, 15) is 9.59 Å². The van der Waals surface area contributed by atoms with Gasteiger partial charge in [0.05, 0.1) is 25.4 Å². The van der Waals surface area contributed by atoms with E-state index in [-0.39, 0.29) is 18.2 Å². The van der Waals surface area contributed by atoms with E-state index in [0.717, 1.165) is 25.4 Å². The highest BCUT2D eigenvalue weighted by Crippen LogP contribution is 2.00. The lowest BCUT2D eigenvalue weighted by atomic mass is 10.4. The molecule has 90 valence electrons. The predicted octanol–water partition coefficient (Wildman–Crippen LogP) is -1.98. The molecule has 5 nitrogen and oxygen atoms in total. The van der Waals surface area contributed by atoms with Crippen molar-refractivity contribution in [3.63, 3.8) is 0 Å². The molecule has 0 saturated heterocycles. The van der Waals surface area contributed by atoms with E-state index in [1.165, 1.54) is 22.0 Å². The lowest BCUT2D eigenvalue weighted by molar-refractivity contribution is -0.893. The largest absolute Gasteiger partial charge is 0.335 e. The zero-order chi connectivity index (χ0) is 12.0. The first-order valence-corrected chi connectivity index (χ1v) is 6.59. The molecule has 2 amide bonds. The first-order chi connectivity index (χ1) is 7.65. The van der Waals surface area contributed by atoms with Gasteiger partial charge < -0.3 is 4.90 Å². The molecule has 0 radical (unpaired) electrons.